The van der Waals surface area contributed by atoms with Crippen molar-refractivity contribution in [3.05, 3.63) is 6.42 Å². The van der Waals surface area contributed by atoms with Crippen LogP contribution in [0.15, 0.2) is 0 Å². The third-order valence-corrected chi connectivity index (χ3v) is 5.36. The van der Waals surface area contributed by atoms with Crippen LogP contribution in [0.4, 0.5) is 0 Å². The van der Waals surface area contributed by atoms with Gasteiger partial charge in [-0.2, -0.15) is 0 Å². The van der Waals surface area contributed by atoms with E-state index in [1.165, 1.54) is 32.1 Å². The van der Waals surface area contributed by atoms with Crippen LogP contribution >= 0.6 is 0 Å². The second-order valence-corrected chi connectivity index (χ2v) is 6.62. The van der Waals surface area contributed by atoms with Crippen molar-refractivity contribution in [1.29, 1.82) is 0 Å². The standard InChI is InChI=1S/C16H30/c1-7-8-10-14-11-9-12-15(4,5)16(14,6)13(2)3/h13-14H,7-11H2,1-6H3. The number of unbranched alkanes of at least 4 members (excludes halogenated alkanes) is 1. The van der Waals surface area contributed by atoms with Gasteiger partial charge in [0.25, 0.3) is 0 Å². The second-order valence-electron chi connectivity index (χ2n) is 6.62. The Kier molecular flexibility index (Phi) is 4.49. The van der Waals surface area contributed by atoms with Crippen LogP contribution in [0.25, 0.3) is 0 Å². The van der Waals surface area contributed by atoms with Gasteiger partial charge in [0.15, 0.2) is 0 Å². The Labute approximate surface area is 103 Å². The van der Waals surface area contributed by atoms with Gasteiger partial charge in [-0.25, -0.2) is 0 Å². The Hall–Kier alpha value is 0. The van der Waals surface area contributed by atoms with Crippen LogP contribution < -0.4 is 0 Å². The first-order chi connectivity index (χ1) is 7.36. The van der Waals surface area contributed by atoms with Gasteiger partial charge in [-0.05, 0) is 48.3 Å². The monoisotopic (exact) mass is 222 g/mol. The first-order valence-electron chi connectivity index (χ1n) is 7.11. The summed E-state index contributed by atoms with van der Waals surface area (Å²) in [6, 6.07) is 0. The number of hydrogen-bond donors (Lipinski definition) is 0. The molecule has 1 rings (SSSR count). The van der Waals surface area contributed by atoms with E-state index in [1.807, 2.05) is 0 Å². The SMILES string of the molecule is CCCCC1CC[C]C(C)(C)C1(C)C(C)C. The summed E-state index contributed by atoms with van der Waals surface area (Å²) in [7, 11) is 0. The molecule has 0 bridgehead atoms. The van der Waals surface area contributed by atoms with E-state index in [-0.39, 0.29) is 5.41 Å². The molecule has 2 radical (unpaired) electrons. The van der Waals surface area contributed by atoms with Crippen LogP contribution in [0.3, 0.4) is 0 Å². The smallest absolute Gasteiger partial charge is 0.0106 e. The topological polar surface area (TPSA) is 0 Å². The Morgan fingerprint density at radius 2 is 1.88 bits per heavy atom. The molecule has 1 fully saturated rings. The molecule has 0 amide bonds. The lowest BCUT2D eigenvalue weighted by molar-refractivity contribution is -0.0366. The average Bonchev–Trinajstić information content (AvgIpc) is 2.19. The highest BCUT2D eigenvalue weighted by Crippen LogP contribution is 2.58. The van der Waals surface area contributed by atoms with Gasteiger partial charge < -0.3 is 0 Å². The van der Waals surface area contributed by atoms with Crippen LogP contribution in [-0.4, -0.2) is 0 Å². The molecule has 0 aliphatic heterocycles. The van der Waals surface area contributed by atoms with Gasteiger partial charge in [-0.3, -0.25) is 0 Å². The summed E-state index contributed by atoms with van der Waals surface area (Å²) in [6.07, 6.45) is 10.4. The maximum absolute atomic E-state index is 3.74. The quantitative estimate of drug-likeness (QED) is 0.601. The Morgan fingerprint density at radius 1 is 1.25 bits per heavy atom. The minimum Gasteiger partial charge on any atom is -0.0654 e. The fraction of sp³-hybridized carbons (Fsp3) is 0.938. The Balaban J connectivity index is 2.88. The number of rotatable bonds is 4. The van der Waals surface area contributed by atoms with Gasteiger partial charge >= 0.3 is 0 Å². The van der Waals surface area contributed by atoms with E-state index in [9.17, 15) is 0 Å². The Morgan fingerprint density at radius 3 is 2.38 bits per heavy atom. The first kappa shape index (κ1) is 14.1. The van der Waals surface area contributed by atoms with Gasteiger partial charge in [0.1, 0.15) is 0 Å². The molecular weight excluding hydrogens is 192 g/mol. The van der Waals surface area contributed by atoms with Crippen molar-refractivity contribution in [2.75, 3.05) is 0 Å². The fourth-order valence-electron chi connectivity index (χ4n) is 3.65. The normalized spacial score (nSPS) is 34.3. The van der Waals surface area contributed by atoms with Crippen molar-refractivity contribution in [1.82, 2.24) is 0 Å². The molecule has 1 saturated carbocycles. The molecule has 0 nitrogen and oxygen atoms in total. The van der Waals surface area contributed by atoms with Crippen LogP contribution in [0, 0.1) is 29.1 Å². The highest BCUT2D eigenvalue weighted by Gasteiger charge is 2.50. The third-order valence-electron chi connectivity index (χ3n) is 5.36. The van der Waals surface area contributed by atoms with E-state index >= 15 is 0 Å². The van der Waals surface area contributed by atoms with Gasteiger partial charge in [-0.15, -0.1) is 0 Å². The van der Waals surface area contributed by atoms with E-state index in [4.69, 9.17) is 0 Å². The van der Waals surface area contributed by atoms with Crippen molar-refractivity contribution in [2.24, 2.45) is 22.7 Å². The lowest BCUT2D eigenvalue weighted by atomic mass is 9.49. The molecule has 0 N–H and O–H groups in total. The highest BCUT2D eigenvalue weighted by molar-refractivity contribution is 5.06. The zero-order valence-corrected chi connectivity index (χ0v) is 12.2. The van der Waals surface area contributed by atoms with E-state index in [0.717, 1.165) is 11.8 Å². The molecule has 0 spiro atoms. The van der Waals surface area contributed by atoms with Crippen LogP contribution in [0.1, 0.15) is 73.6 Å². The van der Waals surface area contributed by atoms with Crippen molar-refractivity contribution >= 4 is 0 Å². The van der Waals surface area contributed by atoms with Crippen molar-refractivity contribution < 1.29 is 0 Å². The average molecular weight is 222 g/mol. The molecular formula is C16H30. The van der Waals surface area contributed by atoms with Gasteiger partial charge in [0.2, 0.25) is 0 Å². The van der Waals surface area contributed by atoms with Gasteiger partial charge in [0.05, 0.1) is 0 Å². The molecule has 2 unspecified atom stereocenters. The molecule has 0 aromatic rings. The lowest BCUT2D eigenvalue weighted by Gasteiger charge is -2.56. The summed E-state index contributed by atoms with van der Waals surface area (Å²) in [5, 5.41) is 0. The summed E-state index contributed by atoms with van der Waals surface area (Å²) < 4.78 is 0. The summed E-state index contributed by atoms with van der Waals surface area (Å²) in [5.74, 6) is 1.64. The largest absolute Gasteiger partial charge is 0.0654 e. The maximum atomic E-state index is 3.74. The molecule has 94 valence electrons. The van der Waals surface area contributed by atoms with Crippen molar-refractivity contribution in [3.8, 4) is 0 Å². The van der Waals surface area contributed by atoms with Crippen molar-refractivity contribution in [2.45, 2.75) is 73.6 Å². The summed E-state index contributed by atoms with van der Waals surface area (Å²) in [6.45, 7) is 14.4. The van der Waals surface area contributed by atoms with E-state index < -0.39 is 0 Å². The van der Waals surface area contributed by atoms with Crippen LogP contribution in [0.2, 0.25) is 0 Å². The zero-order valence-electron chi connectivity index (χ0n) is 12.2. The highest BCUT2D eigenvalue weighted by atomic mass is 14.5. The first-order valence-corrected chi connectivity index (χ1v) is 7.11. The lowest BCUT2D eigenvalue weighted by Crippen LogP contribution is -2.48. The van der Waals surface area contributed by atoms with Gasteiger partial charge in [0, 0.05) is 0 Å². The molecule has 0 saturated heterocycles. The second kappa shape index (κ2) is 5.10. The Bertz CT molecular complexity index is 214. The van der Waals surface area contributed by atoms with E-state index in [0.29, 0.717) is 5.41 Å². The molecule has 0 aromatic heterocycles. The predicted octanol–water partition coefficient (Wildman–Crippen LogP) is 5.36. The fourth-order valence-corrected chi connectivity index (χ4v) is 3.65. The summed E-state index contributed by atoms with van der Waals surface area (Å²) >= 11 is 0. The molecule has 0 heteroatoms. The predicted molar refractivity (Wildman–Crippen MR) is 72.2 cm³/mol. The molecule has 2 atom stereocenters. The molecule has 1 aliphatic carbocycles. The summed E-state index contributed by atoms with van der Waals surface area (Å²) in [4.78, 5) is 0. The van der Waals surface area contributed by atoms with Crippen LogP contribution in [-0.2, 0) is 0 Å². The van der Waals surface area contributed by atoms with Crippen molar-refractivity contribution in [3.63, 3.8) is 0 Å². The third kappa shape index (κ3) is 2.31. The minimum atomic E-state index is 0.276. The van der Waals surface area contributed by atoms with E-state index in [1.54, 1.807) is 0 Å². The van der Waals surface area contributed by atoms with Crippen LogP contribution in [0.5, 0.6) is 0 Å². The van der Waals surface area contributed by atoms with Gasteiger partial charge in [-0.1, -0.05) is 54.4 Å². The molecule has 1 aliphatic rings. The zero-order chi connectivity index (χ0) is 12.4. The maximum Gasteiger partial charge on any atom is -0.0106 e. The molecule has 0 aromatic carbocycles. The van der Waals surface area contributed by atoms with E-state index in [2.05, 4.69) is 48.0 Å². The molecule has 16 heavy (non-hydrogen) atoms. The molecule has 0 heterocycles. The summed E-state index contributed by atoms with van der Waals surface area (Å²) in [5.41, 5.74) is 0.707. The minimum absolute atomic E-state index is 0.276. The number of hydrogen-bond acceptors (Lipinski definition) is 0.